The van der Waals surface area contributed by atoms with Gasteiger partial charge in [0.15, 0.2) is 6.29 Å². The summed E-state index contributed by atoms with van der Waals surface area (Å²) >= 11 is 0. The molecular weight excluding hydrogens is 799 g/mol. The van der Waals surface area contributed by atoms with E-state index in [1.165, 1.54) is 89.9 Å². The fraction of sp³-hybridized carbons (Fsp3) is 0.827. The van der Waals surface area contributed by atoms with Crippen molar-refractivity contribution in [1.82, 2.24) is 5.32 Å². The average Bonchev–Trinajstić information content (AvgIpc) is 3.28. The monoisotopic (exact) mass is 894 g/mol. The topological polar surface area (TPSA) is 189 Å². The van der Waals surface area contributed by atoms with Crippen LogP contribution in [0.25, 0.3) is 0 Å². The molecule has 11 nitrogen and oxygen atoms in total. The fourth-order valence-electron chi connectivity index (χ4n) is 7.81. The van der Waals surface area contributed by atoms with Crippen molar-refractivity contribution in [3.63, 3.8) is 0 Å². The van der Waals surface area contributed by atoms with E-state index in [0.29, 0.717) is 19.3 Å². The molecule has 9 atom stereocenters. The Hall–Kier alpha value is -1.93. The van der Waals surface area contributed by atoms with Gasteiger partial charge in [0.1, 0.15) is 36.6 Å². The largest absolute Gasteiger partial charge is 0.394 e. The summed E-state index contributed by atoms with van der Waals surface area (Å²) in [6.07, 6.45) is 38.7. The lowest BCUT2D eigenvalue weighted by molar-refractivity contribution is -0.303. The van der Waals surface area contributed by atoms with Crippen molar-refractivity contribution < 1.29 is 50.0 Å². The van der Waals surface area contributed by atoms with Crippen LogP contribution in [0.15, 0.2) is 48.6 Å². The molecule has 9 unspecified atom stereocenters. The van der Waals surface area contributed by atoms with E-state index in [4.69, 9.17) is 9.47 Å². The second-order valence-electron chi connectivity index (χ2n) is 17.9. The Labute approximate surface area is 383 Å². The quantitative estimate of drug-likeness (QED) is 0.0217. The molecule has 0 bridgehead atoms. The van der Waals surface area contributed by atoms with Gasteiger partial charge >= 0.3 is 0 Å². The summed E-state index contributed by atoms with van der Waals surface area (Å²) < 4.78 is 11.1. The Balaban J connectivity index is 2.42. The van der Waals surface area contributed by atoms with Gasteiger partial charge in [0.25, 0.3) is 0 Å². The van der Waals surface area contributed by atoms with E-state index in [1.54, 1.807) is 0 Å². The second kappa shape index (κ2) is 41.5. The Morgan fingerprint density at radius 1 is 0.540 bits per heavy atom. The highest BCUT2D eigenvalue weighted by Gasteiger charge is 2.44. The zero-order valence-corrected chi connectivity index (χ0v) is 39.8. The van der Waals surface area contributed by atoms with Crippen molar-refractivity contribution in [2.24, 2.45) is 0 Å². The fourth-order valence-corrected chi connectivity index (χ4v) is 7.81. The predicted molar refractivity (Wildman–Crippen MR) is 256 cm³/mol. The summed E-state index contributed by atoms with van der Waals surface area (Å²) in [6.45, 7) is 3.38. The SMILES string of the molecule is CCCC/C=C/CC/C=C/CC/C=C/CCCC(O)C(O)C(COC1OC(CO)C(O)C(O)C1O)NC(=O)C(O)CCCCCCCC/C=C\CCCCCCCCCCCCC. The van der Waals surface area contributed by atoms with Crippen LogP contribution in [0.1, 0.15) is 206 Å². The van der Waals surface area contributed by atoms with Crippen molar-refractivity contribution >= 4 is 5.91 Å². The molecule has 0 aromatic heterocycles. The highest BCUT2D eigenvalue weighted by molar-refractivity contribution is 5.80. The van der Waals surface area contributed by atoms with E-state index in [1.807, 2.05) is 0 Å². The van der Waals surface area contributed by atoms with Crippen LogP contribution in [-0.2, 0) is 14.3 Å². The van der Waals surface area contributed by atoms with Crippen LogP contribution in [0.3, 0.4) is 0 Å². The minimum atomic E-state index is -1.67. The first-order valence-electron chi connectivity index (χ1n) is 25.5. The lowest BCUT2D eigenvalue weighted by atomic mass is 9.98. The number of carbonyl (C=O) groups excluding carboxylic acids is 1. The number of hydrogen-bond donors (Lipinski definition) is 8. The average molecular weight is 894 g/mol. The molecule has 0 aliphatic carbocycles. The standard InChI is InChI=1S/C52H95NO10/c1-3-5-7-9-11-13-15-17-19-20-21-22-23-24-26-28-30-32-34-36-38-40-45(56)51(61)53-43(42-62-52-50(60)49(59)48(58)46(41-54)63-52)47(57)44(55)39-37-35-33-31-29-27-25-18-16-14-12-10-8-6-4-2/h10,12,18,23-25,31,33,43-50,52,54-60H,3-9,11,13-17,19-22,26-30,32,34-42H2,1-2H3,(H,53,61)/b12-10+,24-23-,25-18+,33-31+. The molecule has 368 valence electrons. The number of amides is 1. The third-order valence-electron chi connectivity index (χ3n) is 12.1. The summed E-state index contributed by atoms with van der Waals surface area (Å²) in [5.74, 6) is -0.718. The third-order valence-corrected chi connectivity index (χ3v) is 12.1. The molecule has 1 rings (SSSR count). The smallest absolute Gasteiger partial charge is 0.249 e. The van der Waals surface area contributed by atoms with Gasteiger partial charge in [0.05, 0.1) is 25.4 Å². The van der Waals surface area contributed by atoms with Crippen LogP contribution in [0.2, 0.25) is 0 Å². The molecule has 0 saturated carbocycles. The van der Waals surface area contributed by atoms with Gasteiger partial charge in [-0.05, 0) is 83.5 Å². The zero-order valence-electron chi connectivity index (χ0n) is 39.8. The van der Waals surface area contributed by atoms with Crippen LogP contribution in [-0.4, -0.2) is 110 Å². The summed E-state index contributed by atoms with van der Waals surface area (Å²) in [7, 11) is 0. The molecule has 0 spiro atoms. The number of aliphatic hydroxyl groups is 7. The van der Waals surface area contributed by atoms with Crippen molar-refractivity contribution in [3.05, 3.63) is 48.6 Å². The van der Waals surface area contributed by atoms with E-state index >= 15 is 0 Å². The first-order chi connectivity index (χ1) is 30.7. The Bertz CT molecular complexity index is 1160. The van der Waals surface area contributed by atoms with Gasteiger partial charge in [-0.2, -0.15) is 0 Å². The Kier molecular flexibility index (Phi) is 38.9. The number of carbonyl (C=O) groups is 1. The maximum absolute atomic E-state index is 13.1. The molecule has 8 N–H and O–H groups in total. The van der Waals surface area contributed by atoms with Gasteiger partial charge in [-0.15, -0.1) is 0 Å². The summed E-state index contributed by atoms with van der Waals surface area (Å²) in [6, 6.07) is -1.20. The molecule has 1 amide bonds. The Morgan fingerprint density at radius 2 is 0.968 bits per heavy atom. The summed E-state index contributed by atoms with van der Waals surface area (Å²) in [5.41, 5.74) is 0. The number of rotatable bonds is 42. The maximum Gasteiger partial charge on any atom is 0.249 e. The van der Waals surface area contributed by atoms with Crippen molar-refractivity contribution in [2.45, 2.75) is 262 Å². The molecule has 1 saturated heterocycles. The Morgan fingerprint density at radius 3 is 1.46 bits per heavy atom. The van der Waals surface area contributed by atoms with Crippen molar-refractivity contribution in [2.75, 3.05) is 13.2 Å². The van der Waals surface area contributed by atoms with Gasteiger partial charge in [-0.1, -0.05) is 172 Å². The molecular formula is C52H95NO10. The molecule has 0 aromatic rings. The van der Waals surface area contributed by atoms with Crippen LogP contribution >= 0.6 is 0 Å². The van der Waals surface area contributed by atoms with E-state index in [0.717, 1.165) is 70.6 Å². The number of nitrogens with one attached hydrogen (secondary N) is 1. The lowest BCUT2D eigenvalue weighted by Gasteiger charge is -2.40. The lowest BCUT2D eigenvalue weighted by Crippen LogP contribution is -2.60. The summed E-state index contributed by atoms with van der Waals surface area (Å²) in [4.78, 5) is 13.1. The van der Waals surface area contributed by atoms with E-state index in [2.05, 4.69) is 67.8 Å². The minimum absolute atomic E-state index is 0.238. The summed E-state index contributed by atoms with van der Waals surface area (Å²) in [5, 5.41) is 75.8. The molecule has 1 fully saturated rings. The molecule has 1 aliphatic rings. The number of hydrogen-bond acceptors (Lipinski definition) is 10. The highest BCUT2D eigenvalue weighted by atomic mass is 16.7. The molecule has 0 aromatic carbocycles. The predicted octanol–water partition coefficient (Wildman–Crippen LogP) is 9.34. The molecule has 0 radical (unpaired) electrons. The van der Waals surface area contributed by atoms with E-state index in [9.17, 15) is 40.5 Å². The number of aliphatic hydroxyl groups excluding tert-OH is 7. The second-order valence-corrected chi connectivity index (χ2v) is 17.9. The van der Waals surface area contributed by atoms with E-state index in [-0.39, 0.29) is 12.8 Å². The third kappa shape index (κ3) is 30.8. The van der Waals surface area contributed by atoms with Gasteiger partial charge < -0.3 is 50.5 Å². The highest BCUT2D eigenvalue weighted by Crippen LogP contribution is 2.23. The van der Waals surface area contributed by atoms with Gasteiger partial charge in [0, 0.05) is 0 Å². The molecule has 63 heavy (non-hydrogen) atoms. The maximum atomic E-state index is 13.1. The molecule has 1 heterocycles. The van der Waals surface area contributed by atoms with E-state index < -0.39 is 74.2 Å². The van der Waals surface area contributed by atoms with Crippen LogP contribution in [0.4, 0.5) is 0 Å². The van der Waals surface area contributed by atoms with Crippen LogP contribution in [0, 0.1) is 0 Å². The van der Waals surface area contributed by atoms with Crippen LogP contribution < -0.4 is 5.32 Å². The number of allylic oxidation sites excluding steroid dienone is 8. The van der Waals surface area contributed by atoms with Gasteiger partial charge in [-0.3, -0.25) is 4.79 Å². The number of unbranched alkanes of at least 4 members (excludes halogenated alkanes) is 22. The van der Waals surface area contributed by atoms with Gasteiger partial charge in [0.2, 0.25) is 5.91 Å². The molecule has 1 aliphatic heterocycles. The first-order valence-corrected chi connectivity index (χ1v) is 25.5. The van der Waals surface area contributed by atoms with Gasteiger partial charge in [-0.25, -0.2) is 0 Å². The zero-order chi connectivity index (χ0) is 46.2. The minimum Gasteiger partial charge on any atom is -0.394 e. The van der Waals surface area contributed by atoms with Crippen LogP contribution in [0.5, 0.6) is 0 Å². The van der Waals surface area contributed by atoms with Crippen molar-refractivity contribution in [1.29, 1.82) is 0 Å². The first kappa shape index (κ1) is 59.1. The number of ether oxygens (including phenoxy) is 2. The molecule has 11 heteroatoms. The van der Waals surface area contributed by atoms with Crippen molar-refractivity contribution in [3.8, 4) is 0 Å². The normalized spacial score (nSPS) is 21.6.